The summed E-state index contributed by atoms with van der Waals surface area (Å²) in [5.74, 6) is 0.977. The molecule has 3 heteroatoms. The lowest BCUT2D eigenvalue weighted by Gasteiger charge is -2.06. The molecular weight excluding hydrogens is 332 g/mol. The maximum Gasteiger partial charge on any atom is 0.119 e. The molecule has 1 rings (SSSR count). The van der Waals surface area contributed by atoms with Gasteiger partial charge in [-0.25, -0.2) is 0 Å². The lowest BCUT2D eigenvalue weighted by Crippen LogP contribution is -1.97. The fourth-order valence-electron chi connectivity index (χ4n) is 1.41. The molecule has 0 bridgehead atoms. The summed E-state index contributed by atoms with van der Waals surface area (Å²) in [6.07, 6.45) is 4.95. The first-order valence-corrected chi connectivity index (χ1v) is 7.95. The van der Waals surface area contributed by atoms with Gasteiger partial charge in [0.2, 0.25) is 0 Å². The topological polar surface area (TPSA) is 9.23 Å². The summed E-state index contributed by atoms with van der Waals surface area (Å²) < 4.78 is 5.66. The lowest BCUT2D eigenvalue weighted by molar-refractivity contribution is 0.305. The zero-order valence-electron chi connectivity index (χ0n) is 9.42. The van der Waals surface area contributed by atoms with Crippen LogP contribution < -0.4 is 4.74 Å². The maximum atomic E-state index is 5.66. The number of hydrogen-bond acceptors (Lipinski definition) is 1. The van der Waals surface area contributed by atoms with Gasteiger partial charge in [-0.2, -0.15) is 0 Å². The fourth-order valence-corrected chi connectivity index (χ4v) is 2.19. The van der Waals surface area contributed by atoms with Crippen molar-refractivity contribution in [2.75, 3.05) is 11.9 Å². The molecule has 0 aliphatic rings. The van der Waals surface area contributed by atoms with Gasteiger partial charge in [-0.1, -0.05) is 56.8 Å². The quantitative estimate of drug-likeness (QED) is 0.478. The van der Waals surface area contributed by atoms with Crippen LogP contribution in [0.15, 0.2) is 24.3 Å². The van der Waals surface area contributed by atoms with E-state index in [2.05, 4.69) is 44.0 Å². The highest BCUT2D eigenvalue weighted by Gasteiger charge is 1.95. The minimum Gasteiger partial charge on any atom is -0.494 e. The van der Waals surface area contributed by atoms with Crippen molar-refractivity contribution in [3.05, 3.63) is 29.8 Å². The van der Waals surface area contributed by atoms with Crippen LogP contribution in [0.3, 0.4) is 0 Å². The molecule has 0 saturated carbocycles. The third kappa shape index (κ3) is 5.90. The molecule has 16 heavy (non-hydrogen) atoms. The molecule has 1 aromatic rings. The smallest absolute Gasteiger partial charge is 0.119 e. The summed E-state index contributed by atoms with van der Waals surface area (Å²) in [7, 11) is 0. The van der Waals surface area contributed by atoms with Crippen LogP contribution in [0.4, 0.5) is 0 Å². The van der Waals surface area contributed by atoms with E-state index in [4.69, 9.17) is 4.74 Å². The third-order valence-corrected chi connectivity index (χ3v) is 3.58. The average molecular weight is 350 g/mol. The second kappa shape index (κ2) is 9.06. The van der Waals surface area contributed by atoms with Gasteiger partial charge in [0.25, 0.3) is 0 Å². The van der Waals surface area contributed by atoms with E-state index in [0.29, 0.717) is 0 Å². The second-order valence-electron chi connectivity index (χ2n) is 3.73. The Morgan fingerprint density at radius 3 is 2.19 bits per heavy atom. The van der Waals surface area contributed by atoms with E-state index < -0.39 is 0 Å². The van der Waals surface area contributed by atoms with Crippen LogP contribution in [0, 0.1) is 0 Å². The summed E-state index contributed by atoms with van der Waals surface area (Å²) >= 11 is 6.86. The molecule has 1 nitrogen and oxygen atoms in total. The number of benzene rings is 1. The van der Waals surface area contributed by atoms with Crippen LogP contribution in [-0.4, -0.2) is 11.9 Å². The van der Waals surface area contributed by atoms with Crippen LogP contribution in [0.25, 0.3) is 0 Å². The zero-order valence-corrected chi connectivity index (χ0v) is 12.6. The molecule has 0 N–H and O–H groups in total. The maximum absolute atomic E-state index is 5.66. The molecule has 0 saturated heterocycles. The largest absolute Gasteiger partial charge is 0.494 e. The standard InChI is InChI=1S/C13H18Br2O/c14-9-3-1-2-4-10-16-13-7-5-12(11-15)6-8-13/h5-8H,1-4,9-11H2. The molecule has 0 aliphatic carbocycles. The van der Waals surface area contributed by atoms with Crippen molar-refractivity contribution in [3.8, 4) is 5.75 Å². The third-order valence-electron chi connectivity index (χ3n) is 2.37. The molecule has 0 atom stereocenters. The highest BCUT2D eigenvalue weighted by molar-refractivity contribution is 9.09. The average Bonchev–Trinajstić information content (AvgIpc) is 2.34. The number of alkyl halides is 2. The second-order valence-corrected chi connectivity index (χ2v) is 5.08. The van der Waals surface area contributed by atoms with E-state index in [1.165, 1.54) is 24.8 Å². The van der Waals surface area contributed by atoms with Gasteiger partial charge in [0.05, 0.1) is 6.61 Å². The van der Waals surface area contributed by atoms with Crippen LogP contribution in [-0.2, 0) is 5.33 Å². The van der Waals surface area contributed by atoms with E-state index in [1.807, 2.05) is 12.1 Å². The monoisotopic (exact) mass is 348 g/mol. The minimum absolute atomic E-state index is 0.829. The van der Waals surface area contributed by atoms with Crippen molar-refractivity contribution in [2.24, 2.45) is 0 Å². The Balaban J connectivity index is 2.12. The summed E-state index contributed by atoms with van der Waals surface area (Å²) in [6, 6.07) is 8.26. The molecule has 0 heterocycles. The summed E-state index contributed by atoms with van der Waals surface area (Å²) in [5.41, 5.74) is 1.28. The van der Waals surface area contributed by atoms with E-state index in [9.17, 15) is 0 Å². The van der Waals surface area contributed by atoms with Crippen molar-refractivity contribution < 1.29 is 4.74 Å². The van der Waals surface area contributed by atoms with Crippen molar-refractivity contribution >= 4 is 31.9 Å². The van der Waals surface area contributed by atoms with Crippen molar-refractivity contribution in [1.82, 2.24) is 0 Å². The predicted molar refractivity (Wildman–Crippen MR) is 76.8 cm³/mol. The van der Waals surface area contributed by atoms with Crippen LogP contribution in [0.2, 0.25) is 0 Å². The van der Waals surface area contributed by atoms with Gasteiger partial charge < -0.3 is 4.74 Å². The van der Waals surface area contributed by atoms with Crippen LogP contribution >= 0.6 is 31.9 Å². The first kappa shape index (κ1) is 14.0. The van der Waals surface area contributed by atoms with Gasteiger partial charge in [-0.05, 0) is 30.5 Å². The van der Waals surface area contributed by atoms with E-state index in [-0.39, 0.29) is 0 Å². The first-order valence-electron chi connectivity index (χ1n) is 5.70. The molecule has 0 amide bonds. The molecule has 0 fully saturated rings. The molecule has 0 radical (unpaired) electrons. The lowest BCUT2D eigenvalue weighted by atomic mass is 10.2. The van der Waals surface area contributed by atoms with Gasteiger partial charge in [-0.15, -0.1) is 0 Å². The van der Waals surface area contributed by atoms with Gasteiger partial charge in [-0.3, -0.25) is 0 Å². The Labute approximate surface area is 115 Å². The van der Waals surface area contributed by atoms with E-state index in [1.54, 1.807) is 0 Å². The van der Waals surface area contributed by atoms with Gasteiger partial charge in [0.15, 0.2) is 0 Å². The Kier molecular flexibility index (Phi) is 7.95. The van der Waals surface area contributed by atoms with Gasteiger partial charge >= 0.3 is 0 Å². The summed E-state index contributed by atoms with van der Waals surface area (Å²) in [6.45, 7) is 0.829. The number of ether oxygens (including phenoxy) is 1. The molecular formula is C13H18Br2O. The summed E-state index contributed by atoms with van der Waals surface area (Å²) in [4.78, 5) is 0. The summed E-state index contributed by atoms with van der Waals surface area (Å²) in [5, 5.41) is 2.02. The number of halogens is 2. The molecule has 0 spiro atoms. The Hall–Kier alpha value is -0.0200. The number of unbranched alkanes of at least 4 members (excludes halogenated alkanes) is 3. The van der Waals surface area contributed by atoms with Crippen molar-refractivity contribution in [3.63, 3.8) is 0 Å². The minimum atomic E-state index is 0.829. The van der Waals surface area contributed by atoms with Crippen LogP contribution in [0.1, 0.15) is 31.2 Å². The Bertz CT molecular complexity index is 272. The van der Waals surface area contributed by atoms with E-state index >= 15 is 0 Å². The first-order chi connectivity index (χ1) is 7.86. The molecule has 1 aromatic carbocycles. The molecule has 90 valence electrons. The normalized spacial score (nSPS) is 10.4. The number of rotatable bonds is 8. The SMILES string of the molecule is BrCCCCCCOc1ccc(CBr)cc1. The fraction of sp³-hybridized carbons (Fsp3) is 0.538. The predicted octanol–water partition coefficient (Wildman–Crippen LogP) is 4.92. The molecule has 0 unspecified atom stereocenters. The van der Waals surface area contributed by atoms with Gasteiger partial charge in [0.1, 0.15) is 5.75 Å². The van der Waals surface area contributed by atoms with Crippen molar-refractivity contribution in [1.29, 1.82) is 0 Å². The highest BCUT2D eigenvalue weighted by atomic mass is 79.9. The Morgan fingerprint density at radius 2 is 1.56 bits per heavy atom. The van der Waals surface area contributed by atoms with Crippen LogP contribution in [0.5, 0.6) is 5.75 Å². The van der Waals surface area contributed by atoms with Gasteiger partial charge in [0, 0.05) is 10.7 Å². The van der Waals surface area contributed by atoms with Crippen molar-refractivity contribution in [2.45, 2.75) is 31.0 Å². The van der Waals surface area contributed by atoms with E-state index in [0.717, 1.165) is 29.4 Å². The highest BCUT2D eigenvalue weighted by Crippen LogP contribution is 2.14. The molecule has 0 aliphatic heterocycles. The molecule has 0 aromatic heterocycles. The zero-order chi connectivity index (χ0) is 11.6. The number of hydrogen-bond donors (Lipinski definition) is 0. The Morgan fingerprint density at radius 1 is 0.875 bits per heavy atom.